The SMILES string of the molecule is COC(=O)Cc1cc(NC(=O)CCc2ccc(OCCCCCc3ccccc3)cc2)ccc1Br. The van der Waals surface area contributed by atoms with E-state index >= 15 is 0 Å². The normalized spacial score (nSPS) is 10.6. The lowest BCUT2D eigenvalue weighted by molar-refractivity contribution is -0.139. The predicted molar refractivity (Wildman–Crippen MR) is 143 cm³/mol. The van der Waals surface area contributed by atoms with Gasteiger partial charge in [-0.2, -0.15) is 0 Å². The fourth-order valence-electron chi connectivity index (χ4n) is 3.69. The molecule has 3 aromatic carbocycles. The number of amides is 1. The quantitative estimate of drug-likeness (QED) is 0.199. The minimum Gasteiger partial charge on any atom is -0.494 e. The van der Waals surface area contributed by atoms with Crippen molar-refractivity contribution in [1.29, 1.82) is 0 Å². The zero-order chi connectivity index (χ0) is 24.9. The monoisotopic (exact) mass is 537 g/mol. The number of hydrogen-bond donors (Lipinski definition) is 1. The highest BCUT2D eigenvalue weighted by atomic mass is 79.9. The molecule has 0 heterocycles. The zero-order valence-corrected chi connectivity index (χ0v) is 21.7. The van der Waals surface area contributed by atoms with Crippen molar-refractivity contribution in [2.24, 2.45) is 0 Å². The first-order valence-electron chi connectivity index (χ1n) is 11.9. The van der Waals surface area contributed by atoms with Crippen LogP contribution in [0.5, 0.6) is 5.75 Å². The summed E-state index contributed by atoms with van der Waals surface area (Å²) in [6.07, 6.45) is 5.60. The number of methoxy groups -OCH3 is 1. The van der Waals surface area contributed by atoms with Crippen LogP contribution in [-0.2, 0) is 33.6 Å². The van der Waals surface area contributed by atoms with Gasteiger partial charge in [0.25, 0.3) is 0 Å². The Morgan fingerprint density at radius 2 is 1.60 bits per heavy atom. The standard InChI is InChI=1S/C29H32BrNO4/c1-34-29(33)21-24-20-25(14-17-27(24)30)31-28(32)18-13-23-11-15-26(16-12-23)35-19-7-3-6-10-22-8-4-2-5-9-22/h2,4-5,8-9,11-12,14-17,20H,3,6-7,10,13,18-19,21H2,1H3,(H,31,32). The van der Waals surface area contributed by atoms with Crippen LogP contribution in [0.4, 0.5) is 5.69 Å². The molecule has 184 valence electrons. The predicted octanol–water partition coefficient (Wildman–Crippen LogP) is 6.53. The molecule has 0 radical (unpaired) electrons. The fourth-order valence-corrected chi connectivity index (χ4v) is 4.08. The molecule has 0 fully saturated rings. The second-order valence-corrected chi connectivity index (χ2v) is 9.25. The van der Waals surface area contributed by atoms with Gasteiger partial charge >= 0.3 is 5.97 Å². The summed E-state index contributed by atoms with van der Waals surface area (Å²) >= 11 is 3.43. The van der Waals surface area contributed by atoms with Crippen molar-refractivity contribution < 1.29 is 19.1 Å². The molecule has 0 aromatic heterocycles. The Morgan fingerprint density at radius 1 is 0.857 bits per heavy atom. The Balaban J connectivity index is 1.35. The van der Waals surface area contributed by atoms with Crippen molar-refractivity contribution >= 4 is 33.5 Å². The van der Waals surface area contributed by atoms with E-state index in [0.717, 1.165) is 40.6 Å². The van der Waals surface area contributed by atoms with E-state index in [1.807, 2.05) is 36.4 Å². The molecule has 5 nitrogen and oxygen atoms in total. The second-order valence-electron chi connectivity index (χ2n) is 8.40. The van der Waals surface area contributed by atoms with E-state index in [-0.39, 0.29) is 18.3 Å². The van der Waals surface area contributed by atoms with Crippen LogP contribution in [0.1, 0.15) is 42.4 Å². The molecular formula is C29H32BrNO4. The first kappa shape index (κ1) is 26.5. The largest absolute Gasteiger partial charge is 0.494 e. The van der Waals surface area contributed by atoms with Crippen LogP contribution in [0.3, 0.4) is 0 Å². The first-order chi connectivity index (χ1) is 17.0. The molecule has 0 atom stereocenters. The summed E-state index contributed by atoms with van der Waals surface area (Å²) in [5.74, 6) is 0.450. The number of aryl methyl sites for hydroxylation is 2. The number of carbonyl (C=O) groups excluding carboxylic acids is 2. The van der Waals surface area contributed by atoms with Crippen LogP contribution in [0.25, 0.3) is 0 Å². The van der Waals surface area contributed by atoms with Gasteiger partial charge in [-0.25, -0.2) is 0 Å². The maximum atomic E-state index is 12.4. The summed E-state index contributed by atoms with van der Waals surface area (Å²) in [6, 6.07) is 23.9. The second kappa shape index (κ2) is 14.3. The summed E-state index contributed by atoms with van der Waals surface area (Å²) in [6.45, 7) is 0.710. The van der Waals surface area contributed by atoms with Gasteiger partial charge in [-0.1, -0.05) is 58.4 Å². The van der Waals surface area contributed by atoms with Crippen LogP contribution in [0.2, 0.25) is 0 Å². The Bertz CT molecular complexity index is 1080. The van der Waals surface area contributed by atoms with E-state index in [0.29, 0.717) is 25.1 Å². The lowest BCUT2D eigenvalue weighted by Gasteiger charge is -2.10. The number of rotatable bonds is 13. The Labute approximate surface area is 216 Å². The highest BCUT2D eigenvalue weighted by Crippen LogP contribution is 2.22. The molecule has 3 aromatic rings. The maximum absolute atomic E-state index is 12.4. The van der Waals surface area contributed by atoms with Gasteiger partial charge in [0.15, 0.2) is 0 Å². The van der Waals surface area contributed by atoms with E-state index in [1.165, 1.54) is 19.1 Å². The number of hydrogen-bond acceptors (Lipinski definition) is 4. The lowest BCUT2D eigenvalue weighted by atomic mass is 10.1. The summed E-state index contributed by atoms with van der Waals surface area (Å²) in [4.78, 5) is 24.0. The van der Waals surface area contributed by atoms with E-state index in [2.05, 4.69) is 45.5 Å². The molecule has 0 spiro atoms. The van der Waals surface area contributed by atoms with E-state index < -0.39 is 0 Å². The van der Waals surface area contributed by atoms with E-state index in [4.69, 9.17) is 9.47 Å². The number of esters is 1. The Morgan fingerprint density at radius 3 is 2.34 bits per heavy atom. The summed E-state index contributed by atoms with van der Waals surface area (Å²) < 4.78 is 11.4. The van der Waals surface area contributed by atoms with Crippen LogP contribution < -0.4 is 10.1 Å². The summed E-state index contributed by atoms with van der Waals surface area (Å²) in [5, 5.41) is 2.90. The third-order valence-corrected chi connectivity index (χ3v) is 6.45. The van der Waals surface area contributed by atoms with Crippen molar-refractivity contribution in [1.82, 2.24) is 0 Å². The minimum absolute atomic E-state index is 0.0767. The van der Waals surface area contributed by atoms with Crippen molar-refractivity contribution in [3.63, 3.8) is 0 Å². The van der Waals surface area contributed by atoms with Crippen molar-refractivity contribution in [3.8, 4) is 5.75 Å². The van der Waals surface area contributed by atoms with Crippen LogP contribution in [0, 0.1) is 0 Å². The number of anilines is 1. The number of unbranched alkanes of at least 4 members (excludes halogenated alkanes) is 2. The van der Waals surface area contributed by atoms with Gasteiger partial charge in [-0.3, -0.25) is 9.59 Å². The summed E-state index contributed by atoms with van der Waals surface area (Å²) in [5.41, 5.74) is 3.89. The van der Waals surface area contributed by atoms with Crippen molar-refractivity contribution in [2.75, 3.05) is 19.0 Å². The molecule has 0 saturated carbocycles. The Hall–Kier alpha value is -3.12. The lowest BCUT2D eigenvalue weighted by Crippen LogP contribution is -2.13. The molecule has 6 heteroatoms. The number of carbonyl (C=O) groups is 2. The van der Waals surface area contributed by atoms with Crippen LogP contribution in [0.15, 0.2) is 77.3 Å². The molecule has 3 rings (SSSR count). The molecular weight excluding hydrogens is 506 g/mol. The highest BCUT2D eigenvalue weighted by molar-refractivity contribution is 9.10. The van der Waals surface area contributed by atoms with Crippen LogP contribution in [-0.4, -0.2) is 25.6 Å². The number of ether oxygens (including phenoxy) is 2. The van der Waals surface area contributed by atoms with Gasteiger partial charge < -0.3 is 14.8 Å². The molecule has 0 aliphatic carbocycles. The average Bonchev–Trinajstić information content (AvgIpc) is 2.88. The van der Waals surface area contributed by atoms with Gasteiger partial charge in [-0.05, 0) is 79.1 Å². The minimum atomic E-state index is -0.329. The van der Waals surface area contributed by atoms with Gasteiger partial charge in [-0.15, -0.1) is 0 Å². The molecule has 0 aliphatic heterocycles. The van der Waals surface area contributed by atoms with Crippen molar-refractivity contribution in [2.45, 2.75) is 44.9 Å². The van der Waals surface area contributed by atoms with Gasteiger partial charge in [0.1, 0.15) is 5.75 Å². The zero-order valence-electron chi connectivity index (χ0n) is 20.1. The van der Waals surface area contributed by atoms with Gasteiger partial charge in [0, 0.05) is 16.6 Å². The molecule has 0 saturated heterocycles. The van der Waals surface area contributed by atoms with Crippen molar-refractivity contribution in [3.05, 3.63) is 94.0 Å². The number of benzene rings is 3. The first-order valence-corrected chi connectivity index (χ1v) is 12.7. The van der Waals surface area contributed by atoms with Crippen LogP contribution >= 0.6 is 15.9 Å². The van der Waals surface area contributed by atoms with Gasteiger partial charge in [0.05, 0.1) is 20.1 Å². The van der Waals surface area contributed by atoms with E-state index in [9.17, 15) is 9.59 Å². The third-order valence-electron chi connectivity index (χ3n) is 5.68. The topological polar surface area (TPSA) is 64.6 Å². The smallest absolute Gasteiger partial charge is 0.310 e. The van der Waals surface area contributed by atoms with Gasteiger partial charge in [0.2, 0.25) is 5.91 Å². The Kier molecular flexibility index (Phi) is 10.8. The summed E-state index contributed by atoms with van der Waals surface area (Å²) in [7, 11) is 1.36. The molecule has 1 amide bonds. The number of nitrogens with one attached hydrogen (secondary N) is 1. The highest BCUT2D eigenvalue weighted by Gasteiger charge is 2.10. The maximum Gasteiger partial charge on any atom is 0.310 e. The molecule has 0 aliphatic rings. The molecule has 35 heavy (non-hydrogen) atoms. The third kappa shape index (κ3) is 9.57. The molecule has 0 unspecified atom stereocenters. The molecule has 1 N–H and O–H groups in total. The average molecular weight is 538 g/mol. The number of halogens is 1. The fraction of sp³-hybridized carbons (Fsp3) is 0.310. The van der Waals surface area contributed by atoms with E-state index in [1.54, 1.807) is 12.1 Å². The molecule has 0 bridgehead atoms.